The van der Waals surface area contributed by atoms with Crippen LogP contribution in [-0.4, -0.2) is 27.3 Å². The van der Waals surface area contributed by atoms with Crippen LogP contribution in [0.2, 0.25) is 0 Å². The predicted molar refractivity (Wildman–Crippen MR) is 64.1 cm³/mol. The lowest BCUT2D eigenvalue weighted by Crippen LogP contribution is -2.28. The lowest BCUT2D eigenvalue weighted by Gasteiger charge is -2.11. The quantitative estimate of drug-likeness (QED) is 0.861. The molecule has 0 fully saturated rings. The first-order valence-corrected chi connectivity index (χ1v) is 6.86. The Kier molecular flexibility index (Phi) is 4.47. The van der Waals surface area contributed by atoms with Gasteiger partial charge in [0.1, 0.15) is 11.6 Å². The Hall–Kier alpha value is -1.14. The fourth-order valence-electron chi connectivity index (χ4n) is 1.28. The minimum atomic E-state index is -3.41. The number of halogens is 1. The van der Waals surface area contributed by atoms with Gasteiger partial charge in [0.05, 0.1) is 18.1 Å². The first-order valence-electron chi connectivity index (χ1n) is 5.14. The van der Waals surface area contributed by atoms with Crippen LogP contribution in [-0.2, 0) is 15.6 Å². The summed E-state index contributed by atoms with van der Waals surface area (Å²) >= 11 is 0. The number of nitrogens with two attached hydrogens (primary N) is 1. The highest BCUT2D eigenvalue weighted by Crippen LogP contribution is 2.19. The van der Waals surface area contributed by atoms with Crippen LogP contribution >= 0.6 is 0 Å². The molecule has 0 saturated heterocycles. The molecule has 1 aromatic rings. The van der Waals surface area contributed by atoms with Crippen molar-refractivity contribution in [1.29, 1.82) is 0 Å². The molecular formula is C11H16FNO3S. The van der Waals surface area contributed by atoms with Gasteiger partial charge in [-0.3, -0.25) is 0 Å². The number of methoxy groups -OCH3 is 1. The summed E-state index contributed by atoms with van der Waals surface area (Å²) in [6, 6.07) is 4.11. The van der Waals surface area contributed by atoms with Crippen molar-refractivity contribution in [2.75, 3.05) is 13.7 Å². The van der Waals surface area contributed by atoms with Gasteiger partial charge < -0.3 is 10.5 Å². The fourth-order valence-corrected chi connectivity index (χ4v) is 2.52. The maximum Gasteiger partial charge on any atom is 0.158 e. The van der Waals surface area contributed by atoms with Crippen LogP contribution in [0.4, 0.5) is 4.39 Å². The van der Waals surface area contributed by atoms with E-state index in [0.29, 0.717) is 5.75 Å². The number of ether oxygens (including phenoxy) is 1. The van der Waals surface area contributed by atoms with E-state index in [1.54, 1.807) is 0 Å². The van der Waals surface area contributed by atoms with Gasteiger partial charge in [-0.1, -0.05) is 6.07 Å². The van der Waals surface area contributed by atoms with Crippen LogP contribution in [0, 0.1) is 5.82 Å². The number of hydrogen-bond acceptors (Lipinski definition) is 4. The molecule has 6 heteroatoms. The molecule has 17 heavy (non-hydrogen) atoms. The summed E-state index contributed by atoms with van der Waals surface area (Å²) in [5, 5.41) is -0.677. The Balaban J connectivity index is 2.96. The van der Waals surface area contributed by atoms with Crippen molar-refractivity contribution >= 4 is 9.84 Å². The van der Waals surface area contributed by atoms with Gasteiger partial charge in [-0.15, -0.1) is 0 Å². The van der Waals surface area contributed by atoms with Crippen LogP contribution in [0.15, 0.2) is 18.2 Å². The average molecular weight is 261 g/mol. The zero-order chi connectivity index (χ0) is 13.1. The molecule has 0 radical (unpaired) electrons. The predicted octanol–water partition coefficient (Wildman–Crippen LogP) is 1.10. The molecule has 0 aromatic heterocycles. The van der Waals surface area contributed by atoms with Crippen molar-refractivity contribution in [2.24, 2.45) is 5.73 Å². The third-order valence-electron chi connectivity index (χ3n) is 2.56. The molecule has 1 rings (SSSR count). The van der Waals surface area contributed by atoms with Crippen LogP contribution in [0.1, 0.15) is 12.5 Å². The van der Waals surface area contributed by atoms with Gasteiger partial charge in [-0.2, -0.15) is 0 Å². The highest BCUT2D eigenvalue weighted by molar-refractivity contribution is 7.91. The highest BCUT2D eigenvalue weighted by Gasteiger charge is 2.21. The van der Waals surface area contributed by atoms with Crippen molar-refractivity contribution in [3.8, 4) is 5.75 Å². The number of benzene rings is 1. The van der Waals surface area contributed by atoms with Gasteiger partial charge >= 0.3 is 0 Å². The lowest BCUT2D eigenvalue weighted by molar-refractivity contribution is 0.411. The number of rotatable bonds is 5. The Labute approximate surface area is 101 Å². The molecular weight excluding hydrogens is 245 g/mol. The Morgan fingerprint density at radius 2 is 2.12 bits per heavy atom. The first kappa shape index (κ1) is 13.9. The molecule has 0 amide bonds. The zero-order valence-electron chi connectivity index (χ0n) is 9.81. The summed E-state index contributed by atoms with van der Waals surface area (Å²) in [6.45, 7) is 1.54. The first-order chi connectivity index (χ1) is 7.90. The molecule has 0 heterocycles. The maximum atomic E-state index is 13.6. The molecule has 96 valence electrons. The third kappa shape index (κ3) is 3.41. The van der Waals surface area contributed by atoms with Gasteiger partial charge in [0, 0.05) is 18.2 Å². The molecule has 2 N–H and O–H groups in total. The van der Waals surface area contributed by atoms with E-state index in [0.717, 1.165) is 6.07 Å². The molecule has 4 nitrogen and oxygen atoms in total. The molecule has 0 aliphatic heterocycles. The highest BCUT2D eigenvalue weighted by atomic mass is 32.2. The van der Waals surface area contributed by atoms with Crippen LogP contribution in [0.5, 0.6) is 5.75 Å². The number of sulfone groups is 1. The third-order valence-corrected chi connectivity index (χ3v) is 4.69. The Morgan fingerprint density at radius 1 is 1.47 bits per heavy atom. The minimum Gasteiger partial charge on any atom is -0.497 e. The second kappa shape index (κ2) is 5.46. The summed E-state index contributed by atoms with van der Waals surface area (Å²) in [4.78, 5) is 0. The van der Waals surface area contributed by atoms with E-state index in [4.69, 9.17) is 10.5 Å². The topological polar surface area (TPSA) is 69.4 Å². The van der Waals surface area contributed by atoms with Crippen molar-refractivity contribution in [3.05, 3.63) is 29.6 Å². The molecule has 1 atom stereocenters. The molecule has 0 spiro atoms. The fraction of sp³-hybridized carbons (Fsp3) is 0.455. The molecule has 0 aliphatic rings. The van der Waals surface area contributed by atoms with E-state index in [1.807, 2.05) is 0 Å². The second-order valence-electron chi connectivity index (χ2n) is 3.81. The maximum absolute atomic E-state index is 13.6. The number of hydrogen-bond donors (Lipinski definition) is 1. The summed E-state index contributed by atoms with van der Waals surface area (Å²) in [6.07, 6.45) is 0. The summed E-state index contributed by atoms with van der Waals surface area (Å²) in [5.74, 6) is -0.575. The van der Waals surface area contributed by atoms with Gasteiger partial charge in [-0.25, -0.2) is 12.8 Å². The second-order valence-corrected chi connectivity index (χ2v) is 6.23. The molecule has 0 aliphatic carbocycles. The van der Waals surface area contributed by atoms with Crippen LogP contribution in [0.25, 0.3) is 0 Å². The van der Waals surface area contributed by atoms with Gasteiger partial charge in [0.15, 0.2) is 9.84 Å². The Bertz CT molecular complexity index is 487. The van der Waals surface area contributed by atoms with Gasteiger partial charge in [0.25, 0.3) is 0 Å². The van der Waals surface area contributed by atoms with Gasteiger partial charge in [0.2, 0.25) is 0 Å². The molecule has 0 saturated carbocycles. The summed E-state index contributed by atoms with van der Waals surface area (Å²) in [5.41, 5.74) is 5.43. The smallest absolute Gasteiger partial charge is 0.158 e. The van der Waals surface area contributed by atoms with E-state index in [2.05, 4.69) is 0 Å². The summed E-state index contributed by atoms with van der Waals surface area (Å²) in [7, 11) is -1.99. The van der Waals surface area contributed by atoms with E-state index >= 15 is 0 Å². The normalized spacial score (nSPS) is 13.4. The van der Waals surface area contributed by atoms with Crippen molar-refractivity contribution in [3.63, 3.8) is 0 Å². The van der Waals surface area contributed by atoms with E-state index < -0.39 is 20.9 Å². The molecule has 1 unspecified atom stereocenters. The monoisotopic (exact) mass is 261 g/mol. The van der Waals surface area contributed by atoms with Crippen molar-refractivity contribution in [2.45, 2.75) is 17.9 Å². The zero-order valence-corrected chi connectivity index (χ0v) is 10.6. The van der Waals surface area contributed by atoms with E-state index in [1.165, 1.54) is 26.2 Å². The van der Waals surface area contributed by atoms with Gasteiger partial charge in [-0.05, 0) is 13.0 Å². The van der Waals surface area contributed by atoms with Crippen molar-refractivity contribution in [1.82, 2.24) is 0 Å². The SMILES string of the molecule is COc1ccc(CS(=O)(=O)C(C)CN)c(F)c1. The standard InChI is InChI=1S/C11H16FNO3S/c1-8(6-13)17(14,15)7-9-3-4-10(16-2)5-11(9)12/h3-5,8H,6-7,13H2,1-2H3. The van der Waals surface area contributed by atoms with Crippen LogP contribution < -0.4 is 10.5 Å². The van der Waals surface area contributed by atoms with Crippen molar-refractivity contribution < 1.29 is 17.5 Å². The minimum absolute atomic E-state index is 0.0279. The molecule has 0 bridgehead atoms. The van der Waals surface area contributed by atoms with E-state index in [9.17, 15) is 12.8 Å². The van der Waals surface area contributed by atoms with Crippen LogP contribution in [0.3, 0.4) is 0 Å². The molecule has 1 aromatic carbocycles. The van der Waals surface area contributed by atoms with E-state index in [-0.39, 0.29) is 17.9 Å². The largest absolute Gasteiger partial charge is 0.497 e. The Morgan fingerprint density at radius 3 is 2.59 bits per heavy atom. The average Bonchev–Trinajstić information content (AvgIpc) is 2.30. The lowest BCUT2D eigenvalue weighted by atomic mass is 10.2. The summed E-state index contributed by atoms with van der Waals surface area (Å²) < 4.78 is 41.9.